The number of benzene rings is 8. The molecule has 0 aliphatic carbocycles. The molecule has 0 atom stereocenters. The lowest BCUT2D eigenvalue weighted by molar-refractivity contribution is 1.13. The molecule has 0 amide bonds. The molecule has 10 rings (SSSR count). The molecule has 3 nitrogen and oxygen atoms in total. The number of para-hydroxylation sites is 4. The van der Waals surface area contributed by atoms with Gasteiger partial charge < -0.3 is 9.13 Å². The van der Waals surface area contributed by atoms with Crippen LogP contribution in [-0.4, -0.2) is 15.9 Å². The third-order valence-corrected chi connectivity index (χ3v) is 11.1. The summed E-state index contributed by atoms with van der Waals surface area (Å²) in [6.07, 6.45) is 1.09. The number of fused-ring (bicyclic) bond motifs is 6. The van der Waals surface area contributed by atoms with Crippen molar-refractivity contribution < 1.29 is 0 Å². The summed E-state index contributed by atoms with van der Waals surface area (Å²) < 4.78 is 4.79. The third kappa shape index (κ3) is 6.08. The molecule has 0 bridgehead atoms. The second kappa shape index (κ2) is 14.7. The zero-order valence-electron chi connectivity index (χ0n) is 32.1. The summed E-state index contributed by atoms with van der Waals surface area (Å²) in [4.78, 5) is 4.30. The van der Waals surface area contributed by atoms with E-state index in [0.29, 0.717) is 0 Å². The van der Waals surface area contributed by atoms with Crippen LogP contribution in [0.4, 0.5) is 5.69 Å². The Hall–Kier alpha value is -6.97. The van der Waals surface area contributed by atoms with E-state index in [1.54, 1.807) is 0 Å². The summed E-state index contributed by atoms with van der Waals surface area (Å²) in [7, 11) is 0. The van der Waals surface area contributed by atoms with E-state index >= 15 is 0 Å². The minimum absolute atomic E-state index is 0.906. The molecule has 0 radical (unpaired) electrons. The van der Waals surface area contributed by atoms with Crippen molar-refractivity contribution in [2.45, 2.75) is 27.2 Å². The minimum Gasteiger partial charge on any atom is -0.309 e. The molecule has 270 valence electrons. The Morgan fingerprint density at radius 1 is 0.429 bits per heavy atom. The Morgan fingerprint density at radius 2 is 0.875 bits per heavy atom. The molecule has 0 saturated carbocycles. The highest BCUT2D eigenvalue weighted by atomic mass is 15.0. The van der Waals surface area contributed by atoms with Gasteiger partial charge in [-0.15, -0.1) is 0 Å². The summed E-state index contributed by atoms with van der Waals surface area (Å²) >= 11 is 0. The quantitative estimate of drug-likeness (QED) is 0.153. The number of rotatable bonds is 6. The number of aryl methyl sites for hydroxylation is 3. The Bertz CT molecular complexity index is 2830. The van der Waals surface area contributed by atoms with E-state index in [-0.39, 0.29) is 0 Å². The first-order chi connectivity index (χ1) is 27.5. The molecule has 56 heavy (non-hydrogen) atoms. The van der Waals surface area contributed by atoms with E-state index in [2.05, 4.69) is 224 Å². The first-order valence-corrected chi connectivity index (χ1v) is 19.4. The van der Waals surface area contributed by atoms with Crippen molar-refractivity contribution in [3.63, 3.8) is 0 Å². The molecule has 0 spiro atoms. The molecule has 0 saturated heterocycles. The summed E-state index contributed by atoms with van der Waals surface area (Å²) in [5, 5.41) is 5.00. The fourth-order valence-electron chi connectivity index (χ4n) is 8.35. The second-order valence-electron chi connectivity index (χ2n) is 14.5. The van der Waals surface area contributed by atoms with Gasteiger partial charge in [-0.25, -0.2) is 0 Å². The van der Waals surface area contributed by atoms with Crippen LogP contribution in [0.5, 0.6) is 0 Å². The molecule has 10 aromatic rings. The monoisotopic (exact) mass is 721 g/mol. The normalized spacial score (nSPS) is 11.3. The number of nitrogens with zero attached hydrogens (tertiary/aromatic N) is 3. The van der Waals surface area contributed by atoms with Gasteiger partial charge in [0.1, 0.15) is 0 Å². The number of hydrogen-bond donors (Lipinski definition) is 0. The molecular weight excluding hydrogens is 679 g/mol. The van der Waals surface area contributed by atoms with Crippen molar-refractivity contribution in [1.29, 1.82) is 0 Å². The van der Waals surface area contributed by atoms with E-state index in [1.165, 1.54) is 65.9 Å². The second-order valence-corrected chi connectivity index (χ2v) is 14.5. The van der Waals surface area contributed by atoms with E-state index in [9.17, 15) is 0 Å². The van der Waals surface area contributed by atoms with Gasteiger partial charge in [0.2, 0.25) is 0 Å². The molecular formula is C53H43N3. The van der Waals surface area contributed by atoms with Crippen LogP contribution in [0, 0.1) is 13.8 Å². The lowest BCUT2D eigenvalue weighted by Gasteiger charge is -2.16. The molecule has 0 aliphatic rings. The number of hydrogen-bond acceptors (Lipinski definition) is 1. The van der Waals surface area contributed by atoms with E-state index < -0.39 is 0 Å². The molecule has 2 heterocycles. The predicted octanol–water partition coefficient (Wildman–Crippen LogP) is 14.4. The Labute approximate surface area is 328 Å². The lowest BCUT2D eigenvalue weighted by atomic mass is 9.95. The van der Waals surface area contributed by atoms with Crippen molar-refractivity contribution in [2.24, 2.45) is 4.99 Å². The Balaban J connectivity index is 0.000000230. The molecule has 0 N–H and O–H groups in total. The van der Waals surface area contributed by atoms with Crippen LogP contribution < -0.4 is 0 Å². The van der Waals surface area contributed by atoms with Gasteiger partial charge in [-0.1, -0.05) is 140 Å². The van der Waals surface area contributed by atoms with Crippen molar-refractivity contribution in [3.8, 4) is 33.6 Å². The van der Waals surface area contributed by atoms with Gasteiger partial charge in [0.15, 0.2) is 0 Å². The van der Waals surface area contributed by atoms with Crippen LogP contribution in [0.25, 0.3) is 77.2 Å². The van der Waals surface area contributed by atoms with Crippen molar-refractivity contribution >= 4 is 56.0 Å². The van der Waals surface area contributed by atoms with Crippen molar-refractivity contribution in [3.05, 3.63) is 199 Å². The van der Waals surface area contributed by atoms with E-state index in [0.717, 1.165) is 40.2 Å². The minimum atomic E-state index is 0.906. The van der Waals surface area contributed by atoms with Gasteiger partial charge in [0, 0.05) is 32.9 Å². The Morgan fingerprint density at radius 3 is 1.36 bits per heavy atom. The van der Waals surface area contributed by atoms with Crippen molar-refractivity contribution in [2.75, 3.05) is 0 Å². The molecule has 0 fully saturated rings. The van der Waals surface area contributed by atoms with Crippen LogP contribution in [0.1, 0.15) is 23.6 Å². The molecule has 2 aromatic heterocycles. The van der Waals surface area contributed by atoms with Gasteiger partial charge in [-0.2, -0.15) is 0 Å². The van der Waals surface area contributed by atoms with Gasteiger partial charge in [-0.3, -0.25) is 4.99 Å². The van der Waals surface area contributed by atoms with Gasteiger partial charge >= 0.3 is 0 Å². The maximum atomic E-state index is 4.30. The average Bonchev–Trinajstić information content (AvgIpc) is 3.77. The standard InChI is InChI=1S/C38H27N3.C15H16/c1-25-19-20-26(23-34(25)39-2)27-21-28(40-35-15-7-3-11-30(35)31-12-4-8-16-36(31)40)24-29(22-27)41-37-17-9-5-13-32(37)33-14-6-10-18-38(33)41;1-3-13-9-5-7-11-15(13)14-10-6-4-8-12(14)2/h3-24H,2H2,1H3;4-11H,3H2,1-2H3. The molecule has 3 heteroatoms. The van der Waals surface area contributed by atoms with E-state index in [4.69, 9.17) is 0 Å². The summed E-state index contributed by atoms with van der Waals surface area (Å²) in [6, 6.07) is 65.3. The first-order valence-electron chi connectivity index (χ1n) is 19.4. The smallest absolute Gasteiger partial charge is 0.0657 e. The summed E-state index contributed by atoms with van der Waals surface area (Å²) in [6.45, 7) is 10.3. The number of aliphatic imine (C=N–C) groups is 1. The van der Waals surface area contributed by atoms with E-state index in [1.807, 2.05) is 0 Å². The fraction of sp³-hybridized carbons (Fsp3) is 0.0755. The fourth-order valence-corrected chi connectivity index (χ4v) is 8.35. The van der Waals surface area contributed by atoms with Crippen LogP contribution in [0.3, 0.4) is 0 Å². The zero-order chi connectivity index (χ0) is 38.2. The highest BCUT2D eigenvalue weighted by Gasteiger charge is 2.17. The van der Waals surface area contributed by atoms with Crippen LogP contribution in [-0.2, 0) is 6.42 Å². The van der Waals surface area contributed by atoms with Crippen molar-refractivity contribution in [1.82, 2.24) is 9.13 Å². The predicted molar refractivity (Wildman–Crippen MR) is 240 cm³/mol. The van der Waals surface area contributed by atoms with Crippen LogP contribution in [0.15, 0.2) is 187 Å². The molecule has 0 unspecified atom stereocenters. The third-order valence-electron chi connectivity index (χ3n) is 11.1. The average molecular weight is 722 g/mol. The van der Waals surface area contributed by atoms with Crippen LogP contribution >= 0.6 is 0 Å². The first kappa shape index (κ1) is 34.8. The topological polar surface area (TPSA) is 22.2 Å². The Kier molecular flexibility index (Phi) is 9.12. The highest BCUT2D eigenvalue weighted by molar-refractivity contribution is 6.10. The van der Waals surface area contributed by atoms with Crippen LogP contribution in [0.2, 0.25) is 0 Å². The maximum Gasteiger partial charge on any atom is 0.0657 e. The summed E-state index contributed by atoms with van der Waals surface area (Å²) in [5.41, 5.74) is 16.8. The molecule has 0 aliphatic heterocycles. The van der Waals surface area contributed by atoms with Gasteiger partial charge in [0.05, 0.1) is 27.8 Å². The summed E-state index contributed by atoms with van der Waals surface area (Å²) in [5.74, 6) is 0. The SMILES string of the molecule is C=Nc1cc(-c2cc(-n3c4ccccc4c4ccccc43)cc(-n3c4ccccc4c4ccccc43)c2)ccc1C.CCc1ccccc1-c1ccccc1C. The lowest BCUT2D eigenvalue weighted by Crippen LogP contribution is -2.00. The van der Waals surface area contributed by atoms with Gasteiger partial charge in [0.25, 0.3) is 0 Å². The largest absolute Gasteiger partial charge is 0.309 e. The molecule has 8 aromatic carbocycles. The number of aromatic nitrogens is 2. The zero-order valence-corrected chi connectivity index (χ0v) is 32.1. The maximum absolute atomic E-state index is 4.30. The highest BCUT2D eigenvalue weighted by Crippen LogP contribution is 2.38. The van der Waals surface area contributed by atoms with Gasteiger partial charge in [-0.05, 0) is 114 Å².